The van der Waals surface area contributed by atoms with E-state index in [0.29, 0.717) is 6.04 Å². The van der Waals surface area contributed by atoms with Crippen LogP contribution in [0.1, 0.15) is 25.3 Å². The van der Waals surface area contributed by atoms with Gasteiger partial charge < -0.3 is 5.32 Å². The van der Waals surface area contributed by atoms with Gasteiger partial charge in [-0.05, 0) is 31.0 Å². The lowest BCUT2D eigenvalue weighted by molar-refractivity contribution is -0.120. The lowest BCUT2D eigenvalue weighted by atomic mass is 10.1. The highest BCUT2D eigenvalue weighted by Gasteiger charge is 2.20. The number of carbonyl (C=O) groups is 1. The Kier molecular flexibility index (Phi) is 4.09. The van der Waals surface area contributed by atoms with Crippen LogP contribution < -0.4 is 5.32 Å². The summed E-state index contributed by atoms with van der Waals surface area (Å²) in [7, 11) is 0. The van der Waals surface area contributed by atoms with E-state index in [-0.39, 0.29) is 5.91 Å². The normalized spacial score (nSPS) is 21.1. The molecule has 1 aromatic heterocycles. The molecule has 1 aromatic rings. The van der Waals surface area contributed by atoms with Crippen molar-refractivity contribution in [2.75, 3.05) is 13.1 Å². The molecule has 17 heavy (non-hydrogen) atoms. The first kappa shape index (κ1) is 12.0. The second kappa shape index (κ2) is 5.77. The molecule has 4 heteroatoms. The van der Waals surface area contributed by atoms with Crippen molar-refractivity contribution in [2.24, 2.45) is 0 Å². The Morgan fingerprint density at radius 2 is 2.53 bits per heavy atom. The molecule has 2 rings (SSSR count). The van der Waals surface area contributed by atoms with Crippen LogP contribution in [-0.4, -0.2) is 34.9 Å². The zero-order valence-corrected chi connectivity index (χ0v) is 10.2. The van der Waals surface area contributed by atoms with Gasteiger partial charge in [-0.25, -0.2) is 0 Å². The van der Waals surface area contributed by atoms with Crippen LogP contribution in [0.3, 0.4) is 0 Å². The summed E-state index contributed by atoms with van der Waals surface area (Å²) in [6, 6.07) is 4.36. The van der Waals surface area contributed by atoms with Crippen LogP contribution in [-0.2, 0) is 11.3 Å². The highest BCUT2D eigenvalue weighted by Crippen LogP contribution is 2.13. The molecule has 1 N–H and O–H groups in total. The first-order chi connectivity index (χ1) is 8.24. The fourth-order valence-corrected chi connectivity index (χ4v) is 2.35. The zero-order valence-electron chi connectivity index (χ0n) is 10.2. The van der Waals surface area contributed by atoms with E-state index in [1.165, 1.54) is 5.56 Å². The monoisotopic (exact) mass is 233 g/mol. The molecule has 4 nitrogen and oxygen atoms in total. The smallest absolute Gasteiger partial charge is 0.217 e. The summed E-state index contributed by atoms with van der Waals surface area (Å²) in [6.07, 6.45) is 5.93. The molecule has 1 unspecified atom stereocenters. The molecule has 0 spiro atoms. The number of aromatic nitrogens is 1. The number of piperidine rings is 1. The van der Waals surface area contributed by atoms with Crippen molar-refractivity contribution >= 4 is 5.91 Å². The minimum Gasteiger partial charge on any atom is -0.352 e. The fraction of sp³-hybridized carbons (Fsp3) is 0.538. The molecule has 1 aliphatic heterocycles. The van der Waals surface area contributed by atoms with Crippen molar-refractivity contribution in [1.82, 2.24) is 15.2 Å². The van der Waals surface area contributed by atoms with Crippen molar-refractivity contribution in [3.63, 3.8) is 0 Å². The Morgan fingerprint density at radius 3 is 3.24 bits per heavy atom. The Balaban J connectivity index is 1.87. The van der Waals surface area contributed by atoms with Crippen LogP contribution in [0.15, 0.2) is 24.5 Å². The summed E-state index contributed by atoms with van der Waals surface area (Å²) >= 11 is 0. The first-order valence-electron chi connectivity index (χ1n) is 6.12. The van der Waals surface area contributed by atoms with Gasteiger partial charge in [0.05, 0.1) is 0 Å². The van der Waals surface area contributed by atoms with Gasteiger partial charge in [0, 0.05) is 38.4 Å². The molecule has 0 aromatic carbocycles. The number of carbonyl (C=O) groups excluding carboxylic acids is 1. The number of rotatable bonds is 3. The van der Waals surface area contributed by atoms with Crippen LogP contribution in [0.25, 0.3) is 0 Å². The fourth-order valence-electron chi connectivity index (χ4n) is 2.35. The molecule has 92 valence electrons. The number of pyridine rings is 1. The zero-order chi connectivity index (χ0) is 12.1. The largest absolute Gasteiger partial charge is 0.352 e. The predicted molar refractivity (Wildman–Crippen MR) is 66.4 cm³/mol. The molecule has 2 heterocycles. The van der Waals surface area contributed by atoms with E-state index in [1.54, 1.807) is 13.1 Å². The van der Waals surface area contributed by atoms with E-state index in [1.807, 2.05) is 12.3 Å². The second-order valence-electron chi connectivity index (χ2n) is 4.64. The summed E-state index contributed by atoms with van der Waals surface area (Å²) in [5.74, 6) is 0.0678. The molecule has 0 radical (unpaired) electrons. The predicted octanol–water partition coefficient (Wildman–Crippen LogP) is 1.18. The van der Waals surface area contributed by atoms with Crippen LogP contribution >= 0.6 is 0 Å². The van der Waals surface area contributed by atoms with Crippen LogP contribution in [0, 0.1) is 0 Å². The van der Waals surface area contributed by atoms with Crippen molar-refractivity contribution in [3.8, 4) is 0 Å². The molecule has 0 saturated carbocycles. The van der Waals surface area contributed by atoms with Gasteiger partial charge in [0.25, 0.3) is 0 Å². The Labute approximate surface area is 102 Å². The van der Waals surface area contributed by atoms with E-state index in [2.05, 4.69) is 21.3 Å². The third-order valence-corrected chi connectivity index (χ3v) is 3.04. The van der Waals surface area contributed by atoms with E-state index < -0.39 is 0 Å². The highest BCUT2D eigenvalue weighted by atomic mass is 16.1. The Bertz CT molecular complexity index is 366. The van der Waals surface area contributed by atoms with Crippen molar-refractivity contribution in [2.45, 2.75) is 32.4 Å². The van der Waals surface area contributed by atoms with Crippen molar-refractivity contribution in [3.05, 3.63) is 30.1 Å². The molecule has 0 aliphatic carbocycles. The first-order valence-corrected chi connectivity index (χ1v) is 6.12. The summed E-state index contributed by atoms with van der Waals surface area (Å²) in [5.41, 5.74) is 1.23. The quantitative estimate of drug-likeness (QED) is 0.852. The molecular weight excluding hydrogens is 214 g/mol. The maximum Gasteiger partial charge on any atom is 0.217 e. The van der Waals surface area contributed by atoms with E-state index in [0.717, 1.165) is 32.5 Å². The topological polar surface area (TPSA) is 45.2 Å². The average Bonchev–Trinajstić information content (AvgIpc) is 2.30. The summed E-state index contributed by atoms with van der Waals surface area (Å²) < 4.78 is 0. The summed E-state index contributed by atoms with van der Waals surface area (Å²) in [5, 5.41) is 3.00. The molecule has 1 atom stereocenters. The second-order valence-corrected chi connectivity index (χ2v) is 4.64. The van der Waals surface area contributed by atoms with Crippen LogP contribution in [0.5, 0.6) is 0 Å². The Hall–Kier alpha value is -1.42. The van der Waals surface area contributed by atoms with Crippen molar-refractivity contribution < 1.29 is 4.79 Å². The van der Waals surface area contributed by atoms with Gasteiger partial charge >= 0.3 is 0 Å². The van der Waals surface area contributed by atoms with E-state index >= 15 is 0 Å². The van der Waals surface area contributed by atoms with E-state index in [9.17, 15) is 4.79 Å². The number of hydrogen-bond donors (Lipinski definition) is 1. The van der Waals surface area contributed by atoms with Gasteiger partial charge in [-0.3, -0.25) is 14.7 Å². The van der Waals surface area contributed by atoms with Gasteiger partial charge in [-0.15, -0.1) is 0 Å². The number of nitrogens with zero attached hydrogens (tertiary/aromatic N) is 2. The van der Waals surface area contributed by atoms with Gasteiger partial charge in [-0.1, -0.05) is 6.07 Å². The molecule has 1 amide bonds. The molecule has 1 saturated heterocycles. The lowest BCUT2D eigenvalue weighted by Crippen LogP contribution is -2.46. The molecule has 0 bridgehead atoms. The molecule has 1 aliphatic rings. The van der Waals surface area contributed by atoms with Gasteiger partial charge in [0.1, 0.15) is 0 Å². The number of nitrogens with one attached hydrogen (secondary N) is 1. The number of hydrogen-bond acceptors (Lipinski definition) is 3. The standard InChI is InChI=1S/C13H19N3O/c1-11(17)15-13-5-3-7-16(10-13)9-12-4-2-6-14-8-12/h2,4,6,8,13H,3,5,7,9-10H2,1H3,(H,15,17). The SMILES string of the molecule is CC(=O)NC1CCCN(Cc2cccnc2)C1. The average molecular weight is 233 g/mol. The van der Waals surface area contributed by atoms with Gasteiger partial charge in [-0.2, -0.15) is 0 Å². The van der Waals surface area contributed by atoms with Crippen LogP contribution in [0.4, 0.5) is 0 Å². The maximum absolute atomic E-state index is 11.0. The third kappa shape index (κ3) is 3.82. The minimum absolute atomic E-state index is 0.0678. The van der Waals surface area contributed by atoms with Crippen LogP contribution in [0.2, 0.25) is 0 Å². The Morgan fingerprint density at radius 1 is 1.65 bits per heavy atom. The molecular formula is C13H19N3O. The number of amides is 1. The van der Waals surface area contributed by atoms with Gasteiger partial charge in [0.2, 0.25) is 5.91 Å². The summed E-state index contributed by atoms with van der Waals surface area (Å²) in [4.78, 5) is 17.5. The number of likely N-dealkylation sites (tertiary alicyclic amines) is 1. The van der Waals surface area contributed by atoms with Crippen molar-refractivity contribution in [1.29, 1.82) is 0 Å². The highest BCUT2D eigenvalue weighted by molar-refractivity contribution is 5.73. The molecule has 1 fully saturated rings. The van der Waals surface area contributed by atoms with Gasteiger partial charge in [0.15, 0.2) is 0 Å². The lowest BCUT2D eigenvalue weighted by Gasteiger charge is -2.32. The third-order valence-electron chi connectivity index (χ3n) is 3.04. The maximum atomic E-state index is 11.0. The summed E-state index contributed by atoms with van der Waals surface area (Å²) in [6.45, 7) is 4.55. The van der Waals surface area contributed by atoms with E-state index in [4.69, 9.17) is 0 Å². The minimum atomic E-state index is 0.0678.